The summed E-state index contributed by atoms with van der Waals surface area (Å²) in [5, 5.41) is 6.16. The van der Waals surface area contributed by atoms with Gasteiger partial charge in [0.05, 0.1) is 24.4 Å². The summed E-state index contributed by atoms with van der Waals surface area (Å²) >= 11 is 0. The minimum Gasteiger partial charge on any atom is -0.378 e. The van der Waals surface area contributed by atoms with E-state index in [1.54, 1.807) is 12.7 Å². The van der Waals surface area contributed by atoms with Crippen LogP contribution in [-0.4, -0.2) is 46.6 Å². The van der Waals surface area contributed by atoms with Crippen LogP contribution in [0.25, 0.3) is 16.8 Å². The maximum atomic E-state index is 11.6. The van der Waals surface area contributed by atoms with Crippen molar-refractivity contribution in [3.63, 3.8) is 0 Å². The van der Waals surface area contributed by atoms with Crippen LogP contribution in [-0.2, 0) is 9.53 Å². The number of carbonyl (C=O) groups is 1. The van der Waals surface area contributed by atoms with E-state index in [9.17, 15) is 4.79 Å². The van der Waals surface area contributed by atoms with Gasteiger partial charge in [-0.15, -0.1) is 0 Å². The Bertz CT molecular complexity index is 1290. The number of ether oxygens (including phenoxy) is 1. The molecule has 0 unspecified atom stereocenters. The Morgan fingerprint density at radius 1 is 1.00 bits per heavy atom. The zero-order chi connectivity index (χ0) is 22.6. The third-order valence-electron chi connectivity index (χ3n) is 5.53. The van der Waals surface area contributed by atoms with Gasteiger partial charge in [0.25, 0.3) is 0 Å². The molecule has 0 radical (unpaired) electrons. The maximum Gasteiger partial charge on any atom is 0.247 e. The first-order chi connectivity index (χ1) is 16.2. The molecule has 5 rings (SSSR count). The molecule has 1 fully saturated rings. The summed E-state index contributed by atoms with van der Waals surface area (Å²) < 4.78 is 7.30. The summed E-state index contributed by atoms with van der Waals surface area (Å²) in [6.45, 7) is 6.84. The number of nitrogens with one attached hydrogen (secondary N) is 2. The number of benzene rings is 2. The van der Waals surface area contributed by atoms with Crippen molar-refractivity contribution in [3.8, 4) is 11.3 Å². The van der Waals surface area contributed by atoms with E-state index in [1.807, 2.05) is 34.7 Å². The van der Waals surface area contributed by atoms with E-state index in [-0.39, 0.29) is 5.91 Å². The third-order valence-corrected chi connectivity index (χ3v) is 5.53. The van der Waals surface area contributed by atoms with Crippen molar-refractivity contribution in [1.29, 1.82) is 0 Å². The Morgan fingerprint density at radius 3 is 2.58 bits per heavy atom. The lowest BCUT2D eigenvalue weighted by Gasteiger charge is -2.28. The molecular weight excluding hydrogens is 416 g/mol. The molecular formula is C25H24N6O2. The van der Waals surface area contributed by atoms with Crippen LogP contribution >= 0.6 is 0 Å². The van der Waals surface area contributed by atoms with Crippen molar-refractivity contribution in [2.45, 2.75) is 0 Å². The second kappa shape index (κ2) is 9.13. The first-order valence-corrected chi connectivity index (χ1v) is 10.8. The van der Waals surface area contributed by atoms with Gasteiger partial charge in [0.1, 0.15) is 18.5 Å². The average Bonchev–Trinajstić information content (AvgIpc) is 3.28. The highest BCUT2D eigenvalue weighted by Gasteiger charge is 2.12. The Balaban J connectivity index is 1.38. The van der Waals surface area contributed by atoms with Crippen molar-refractivity contribution in [2.75, 3.05) is 41.8 Å². The lowest BCUT2D eigenvalue weighted by Crippen LogP contribution is -2.36. The summed E-state index contributed by atoms with van der Waals surface area (Å²) in [6.07, 6.45) is 4.71. The smallest absolute Gasteiger partial charge is 0.247 e. The molecule has 0 saturated carbocycles. The number of imidazole rings is 1. The van der Waals surface area contributed by atoms with Gasteiger partial charge in [-0.25, -0.2) is 9.97 Å². The molecule has 8 heteroatoms. The normalized spacial score (nSPS) is 13.6. The first kappa shape index (κ1) is 20.7. The predicted molar refractivity (Wildman–Crippen MR) is 130 cm³/mol. The SMILES string of the molecule is C=CC(=O)Nc1cccc(-c2ncn3cnc(Nc4ccc(N5CCOCC5)cc4)cc23)c1. The van der Waals surface area contributed by atoms with E-state index in [2.05, 4.69) is 56.3 Å². The van der Waals surface area contributed by atoms with Gasteiger partial charge in [-0.05, 0) is 42.5 Å². The Labute approximate surface area is 191 Å². The third kappa shape index (κ3) is 4.56. The van der Waals surface area contributed by atoms with Gasteiger partial charge in [-0.2, -0.15) is 0 Å². The van der Waals surface area contributed by atoms with Gasteiger partial charge >= 0.3 is 0 Å². The molecule has 3 heterocycles. The molecule has 0 aliphatic carbocycles. The quantitative estimate of drug-likeness (QED) is 0.439. The fourth-order valence-electron chi connectivity index (χ4n) is 3.85. The summed E-state index contributed by atoms with van der Waals surface area (Å²) in [5.74, 6) is 0.469. The van der Waals surface area contributed by atoms with Gasteiger partial charge in [0, 0.05) is 41.8 Å². The van der Waals surface area contributed by atoms with Gasteiger partial charge in [0.2, 0.25) is 5.91 Å². The van der Waals surface area contributed by atoms with E-state index in [0.717, 1.165) is 54.6 Å². The molecule has 2 aromatic carbocycles. The molecule has 2 N–H and O–H groups in total. The van der Waals surface area contributed by atoms with Crippen LogP contribution in [0, 0.1) is 0 Å². The lowest BCUT2D eigenvalue weighted by atomic mass is 10.1. The van der Waals surface area contributed by atoms with Crippen molar-refractivity contribution >= 4 is 34.3 Å². The van der Waals surface area contributed by atoms with Crippen LogP contribution in [0.1, 0.15) is 0 Å². The molecule has 8 nitrogen and oxygen atoms in total. The lowest BCUT2D eigenvalue weighted by molar-refractivity contribution is -0.111. The Kier molecular flexibility index (Phi) is 5.73. The van der Waals surface area contributed by atoms with E-state index in [0.29, 0.717) is 5.69 Å². The molecule has 166 valence electrons. The van der Waals surface area contributed by atoms with Crippen molar-refractivity contribution in [1.82, 2.24) is 14.4 Å². The molecule has 1 aliphatic rings. The molecule has 0 spiro atoms. The number of hydrogen-bond acceptors (Lipinski definition) is 6. The molecule has 0 atom stereocenters. The predicted octanol–water partition coefficient (Wildman–Crippen LogP) is 4.10. The average molecular weight is 441 g/mol. The standard InChI is InChI=1S/C25H24N6O2/c1-2-24(32)29-20-5-3-4-18(14-20)25-22-15-23(26-16-31(22)17-27-25)28-19-6-8-21(9-7-19)30-10-12-33-13-11-30/h2-9,14-17,28H,1,10-13H2,(H,29,32). The Hall–Kier alpha value is -4.17. The summed E-state index contributed by atoms with van der Waals surface area (Å²) in [6, 6.07) is 17.9. The number of aromatic nitrogens is 3. The van der Waals surface area contributed by atoms with Crippen LogP contribution in [0.2, 0.25) is 0 Å². The molecule has 2 aromatic heterocycles. The van der Waals surface area contributed by atoms with Gasteiger partial charge in [-0.3, -0.25) is 9.20 Å². The van der Waals surface area contributed by atoms with Gasteiger partial charge in [0.15, 0.2) is 0 Å². The van der Waals surface area contributed by atoms with Gasteiger partial charge < -0.3 is 20.3 Å². The number of rotatable bonds is 6. The summed E-state index contributed by atoms with van der Waals surface area (Å²) in [5.41, 5.74) is 5.44. The second-order valence-corrected chi connectivity index (χ2v) is 7.71. The zero-order valence-electron chi connectivity index (χ0n) is 18.1. The topological polar surface area (TPSA) is 83.8 Å². The maximum absolute atomic E-state index is 11.6. The molecule has 1 saturated heterocycles. The minimum atomic E-state index is -0.253. The van der Waals surface area contributed by atoms with Crippen LogP contribution in [0.15, 0.2) is 79.9 Å². The van der Waals surface area contributed by atoms with Crippen molar-refractivity contribution < 1.29 is 9.53 Å². The highest BCUT2D eigenvalue weighted by atomic mass is 16.5. The number of fused-ring (bicyclic) bond motifs is 1. The fourth-order valence-corrected chi connectivity index (χ4v) is 3.85. The molecule has 4 aromatic rings. The van der Waals surface area contributed by atoms with Crippen LogP contribution < -0.4 is 15.5 Å². The van der Waals surface area contributed by atoms with Crippen molar-refractivity contribution in [2.24, 2.45) is 0 Å². The van der Waals surface area contributed by atoms with E-state index < -0.39 is 0 Å². The van der Waals surface area contributed by atoms with Crippen LogP contribution in [0.3, 0.4) is 0 Å². The number of carbonyl (C=O) groups excluding carboxylic acids is 1. The second-order valence-electron chi connectivity index (χ2n) is 7.71. The highest BCUT2D eigenvalue weighted by molar-refractivity contribution is 5.99. The minimum absolute atomic E-state index is 0.253. The molecule has 1 aliphatic heterocycles. The molecule has 33 heavy (non-hydrogen) atoms. The monoisotopic (exact) mass is 440 g/mol. The van der Waals surface area contributed by atoms with E-state index >= 15 is 0 Å². The van der Waals surface area contributed by atoms with E-state index in [1.165, 1.54) is 11.8 Å². The number of hydrogen-bond donors (Lipinski definition) is 2. The fraction of sp³-hybridized carbons (Fsp3) is 0.160. The van der Waals surface area contributed by atoms with Crippen LogP contribution in [0.5, 0.6) is 0 Å². The zero-order valence-corrected chi connectivity index (χ0v) is 18.1. The molecule has 1 amide bonds. The first-order valence-electron chi connectivity index (χ1n) is 10.8. The van der Waals surface area contributed by atoms with Gasteiger partial charge in [-0.1, -0.05) is 18.7 Å². The number of nitrogens with zero attached hydrogens (tertiary/aromatic N) is 4. The summed E-state index contributed by atoms with van der Waals surface area (Å²) in [7, 11) is 0. The summed E-state index contributed by atoms with van der Waals surface area (Å²) in [4.78, 5) is 23.0. The largest absolute Gasteiger partial charge is 0.378 e. The number of amides is 1. The molecule has 0 bridgehead atoms. The highest BCUT2D eigenvalue weighted by Crippen LogP contribution is 2.28. The van der Waals surface area contributed by atoms with Crippen molar-refractivity contribution in [3.05, 3.63) is 79.9 Å². The van der Waals surface area contributed by atoms with E-state index in [4.69, 9.17) is 4.74 Å². The number of anilines is 4. The Morgan fingerprint density at radius 2 is 1.79 bits per heavy atom. The van der Waals surface area contributed by atoms with Crippen LogP contribution in [0.4, 0.5) is 22.9 Å². The number of morpholine rings is 1.